The average molecular weight is 317 g/mol. The van der Waals surface area contributed by atoms with E-state index in [1.807, 2.05) is 0 Å². The highest BCUT2D eigenvalue weighted by Crippen LogP contribution is 2.23. The van der Waals surface area contributed by atoms with Crippen molar-refractivity contribution in [3.8, 4) is 0 Å². The quantitative estimate of drug-likeness (QED) is 0.910. The summed E-state index contributed by atoms with van der Waals surface area (Å²) in [5, 5.41) is 3.60. The van der Waals surface area contributed by atoms with Crippen LogP contribution in [-0.4, -0.2) is 19.6 Å². The maximum Gasteiger partial charge on any atom is 0.0498 e. The van der Waals surface area contributed by atoms with Gasteiger partial charge in [-0.2, -0.15) is 0 Å². The van der Waals surface area contributed by atoms with Gasteiger partial charge in [-0.1, -0.05) is 46.3 Å². The van der Waals surface area contributed by atoms with E-state index in [0.29, 0.717) is 6.04 Å². The summed E-state index contributed by atoms with van der Waals surface area (Å²) in [6.07, 6.45) is 0. The summed E-state index contributed by atoms with van der Waals surface area (Å²) in [5.41, 5.74) is 2.66. The van der Waals surface area contributed by atoms with E-state index in [4.69, 9.17) is 0 Å². The van der Waals surface area contributed by atoms with Crippen LogP contribution in [0, 0.1) is 0 Å². The molecule has 1 unspecified atom stereocenters. The van der Waals surface area contributed by atoms with Crippen molar-refractivity contribution in [1.82, 2.24) is 5.32 Å². The first-order chi connectivity index (χ1) is 9.33. The van der Waals surface area contributed by atoms with Crippen LogP contribution in [0.4, 0.5) is 5.69 Å². The summed E-state index contributed by atoms with van der Waals surface area (Å²) in [7, 11) is 0. The third-order valence-corrected chi connectivity index (χ3v) is 4.10. The zero-order valence-electron chi connectivity index (χ0n) is 10.7. The van der Waals surface area contributed by atoms with Gasteiger partial charge in [0.1, 0.15) is 0 Å². The summed E-state index contributed by atoms with van der Waals surface area (Å²) >= 11 is 3.49. The minimum Gasteiger partial charge on any atom is -0.368 e. The summed E-state index contributed by atoms with van der Waals surface area (Å²) in [5.74, 6) is 0. The molecule has 1 atom stereocenters. The van der Waals surface area contributed by atoms with E-state index in [2.05, 4.69) is 80.7 Å². The van der Waals surface area contributed by atoms with Gasteiger partial charge in [-0.25, -0.2) is 0 Å². The van der Waals surface area contributed by atoms with Crippen molar-refractivity contribution >= 4 is 21.6 Å². The van der Waals surface area contributed by atoms with E-state index in [-0.39, 0.29) is 0 Å². The SMILES string of the molecule is Brc1ccc(N2CCNC(c3ccccc3)C2)cc1. The van der Waals surface area contributed by atoms with Crippen molar-refractivity contribution in [3.63, 3.8) is 0 Å². The van der Waals surface area contributed by atoms with Crippen molar-refractivity contribution in [2.75, 3.05) is 24.5 Å². The van der Waals surface area contributed by atoms with E-state index in [1.165, 1.54) is 11.3 Å². The van der Waals surface area contributed by atoms with Crippen LogP contribution in [0.3, 0.4) is 0 Å². The minimum atomic E-state index is 0.415. The first kappa shape index (κ1) is 12.7. The molecule has 1 saturated heterocycles. The van der Waals surface area contributed by atoms with Crippen molar-refractivity contribution in [2.24, 2.45) is 0 Å². The number of nitrogens with one attached hydrogen (secondary N) is 1. The molecule has 0 bridgehead atoms. The Bertz CT molecular complexity index is 524. The Labute approximate surface area is 122 Å². The van der Waals surface area contributed by atoms with Crippen molar-refractivity contribution in [3.05, 3.63) is 64.6 Å². The van der Waals surface area contributed by atoms with Gasteiger partial charge in [0.25, 0.3) is 0 Å². The van der Waals surface area contributed by atoms with Gasteiger partial charge >= 0.3 is 0 Å². The highest BCUT2D eigenvalue weighted by molar-refractivity contribution is 9.10. The van der Waals surface area contributed by atoms with Crippen molar-refractivity contribution < 1.29 is 0 Å². The second-order valence-electron chi connectivity index (χ2n) is 4.84. The van der Waals surface area contributed by atoms with E-state index in [1.54, 1.807) is 0 Å². The molecule has 1 fully saturated rings. The Kier molecular flexibility index (Phi) is 3.85. The van der Waals surface area contributed by atoms with E-state index in [9.17, 15) is 0 Å². The number of nitrogens with zero attached hydrogens (tertiary/aromatic N) is 1. The second-order valence-corrected chi connectivity index (χ2v) is 5.76. The number of hydrogen-bond acceptors (Lipinski definition) is 2. The Hall–Kier alpha value is -1.32. The molecule has 1 heterocycles. The predicted molar refractivity (Wildman–Crippen MR) is 83.5 cm³/mol. The van der Waals surface area contributed by atoms with Gasteiger partial charge < -0.3 is 10.2 Å². The van der Waals surface area contributed by atoms with Crippen LogP contribution < -0.4 is 10.2 Å². The summed E-state index contributed by atoms with van der Waals surface area (Å²) in [6.45, 7) is 3.10. The molecule has 0 aromatic heterocycles. The topological polar surface area (TPSA) is 15.3 Å². The molecule has 3 rings (SSSR count). The molecule has 19 heavy (non-hydrogen) atoms. The largest absolute Gasteiger partial charge is 0.368 e. The van der Waals surface area contributed by atoms with Crippen LogP contribution in [0.15, 0.2) is 59.1 Å². The van der Waals surface area contributed by atoms with E-state index < -0.39 is 0 Å². The molecule has 2 nitrogen and oxygen atoms in total. The lowest BCUT2D eigenvalue weighted by molar-refractivity contribution is 0.472. The Morgan fingerprint density at radius 1 is 1.00 bits per heavy atom. The molecule has 0 saturated carbocycles. The lowest BCUT2D eigenvalue weighted by Crippen LogP contribution is -2.45. The molecular weight excluding hydrogens is 300 g/mol. The fourth-order valence-corrected chi connectivity index (χ4v) is 2.81. The van der Waals surface area contributed by atoms with Gasteiger partial charge in [0.05, 0.1) is 0 Å². The summed E-state index contributed by atoms with van der Waals surface area (Å²) in [4.78, 5) is 2.45. The second kappa shape index (κ2) is 5.76. The number of anilines is 1. The van der Waals surface area contributed by atoms with Crippen LogP contribution in [-0.2, 0) is 0 Å². The highest BCUT2D eigenvalue weighted by Gasteiger charge is 2.20. The molecule has 98 valence electrons. The van der Waals surface area contributed by atoms with Gasteiger partial charge in [-0.15, -0.1) is 0 Å². The highest BCUT2D eigenvalue weighted by atomic mass is 79.9. The van der Waals surface area contributed by atoms with Gasteiger partial charge in [0.15, 0.2) is 0 Å². The van der Waals surface area contributed by atoms with Crippen LogP contribution in [0.5, 0.6) is 0 Å². The van der Waals surface area contributed by atoms with Crippen molar-refractivity contribution in [1.29, 1.82) is 0 Å². The molecule has 1 aliphatic rings. The Morgan fingerprint density at radius 3 is 2.47 bits per heavy atom. The molecule has 1 aliphatic heterocycles. The van der Waals surface area contributed by atoms with Crippen LogP contribution in [0.2, 0.25) is 0 Å². The first-order valence-electron chi connectivity index (χ1n) is 6.62. The molecule has 0 radical (unpaired) electrons. The van der Waals surface area contributed by atoms with E-state index in [0.717, 1.165) is 24.1 Å². The molecule has 3 heteroatoms. The molecule has 2 aromatic carbocycles. The fraction of sp³-hybridized carbons (Fsp3) is 0.250. The normalized spacial score (nSPS) is 19.4. The van der Waals surface area contributed by atoms with Crippen molar-refractivity contribution in [2.45, 2.75) is 6.04 Å². The summed E-state index contributed by atoms with van der Waals surface area (Å²) in [6, 6.07) is 19.7. The lowest BCUT2D eigenvalue weighted by atomic mass is 10.0. The van der Waals surface area contributed by atoms with Crippen LogP contribution in [0.1, 0.15) is 11.6 Å². The molecular formula is C16H17BrN2. The summed E-state index contributed by atoms with van der Waals surface area (Å²) < 4.78 is 1.13. The maximum atomic E-state index is 3.60. The predicted octanol–water partition coefficient (Wildman–Crippen LogP) is 3.60. The van der Waals surface area contributed by atoms with E-state index >= 15 is 0 Å². The molecule has 0 amide bonds. The number of piperazine rings is 1. The smallest absolute Gasteiger partial charge is 0.0498 e. The first-order valence-corrected chi connectivity index (χ1v) is 7.41. The molecule has 1 N–H and O–H groups in total. The monoisotopic (exact) mass is 316 g/mol. The van der Waals surface area contributed by atoms with Crippen LogP contribution in [0.25, 0.3) is 0 Å². The average Bonchev–Trinajstić information content (AvgIpc) is 2.49. The van der Waals surface area contributed by atoms with Crippen LogP contribution >= 0.6 is 15.9 Å². The Morgan fingerprint density at radius 2 is 1.74 bits per heavy atom. The fourth-order valence-electron chi connectivity index (χ4n) is 2.54. The van der Waals surface area contributed by atoms with Gasteiger partial charge in [0.2, 0.25) is 0 Å². The molecule has 0 spiro atoms. The standard InChI is InChI=1S/C16H17BrN2/c17-14-6-8-15(9-7-14)19-11-10-18-16(12-19)13-4-2-1-3-5-13/h1-9,16,18H,10-12H2. The van der Waals surface area contributed by atoms with Gasteiger partial charge in [0, 0.05) is 35.8 Å². The number of halogens is 1. The third-order valence-electron chi connectivity index (χ3n) is 3.57. The lowest BCUT2D eigenvalue weighted by Gasteiger charge is -2.35. The maximum absolute atomic E-state index is 3.60. The van der Waals surface area contributed by atoms with Gasteiger partial charge in [-0.05, 0) is 29.8 Å². The zero-order chi connectivity index (χ0) is 13.1. The molecule has 2 aromatic rings. The number of rotatable bonds is 2. The number of hydrogen-bond donors (Lipinski definition) is 1. The minimum absolute atomic E-state index is 0.415. The third kappa shape index (κ3) is 2.99. The Balaban J connectivity index is 1.76. The number of benzene rings is 2. The zero-order valence-corrected chi connectivity index (χ0v) is 12.3. The molecule has 0 aliphatic carbocycles. The van der Waals surface area contributed by atoms with Gasteiger partial charge in [-0.3, -0.25) is 0 Å².